The zero-order chi connectivity index (χ0) is 12.3. The van der Waals surface area contributed by atoms with E-state index in [0.717, 1.165) is 38.2 Å². The summed E-state index contributed by atoms with van der Waals surface area (Å²) in [7, 11) is 0. The molecule has 5 heteroatoms. The molecule has 0 N–H and O–H groups in total. The molecule has 1 aromatic rings. The Morgan fingerprint density at radius 2 is 1.76 bits per heavy atom. The van der Waals surface area contributed by atoms with Crippen LogP contribution in [-0.2, 0) is 4.79 Å². The lowest BCUT2D eigenvalue weighted by Crippen LogP contribution is -2.49. The highest BCUT2D eigenvalue weighted by molar-refractivity contribution is 6.27. The summed E-state index contributed by atoms with van der Waals surface area (Å²) in [5, 5.41) is 0. The number of carbonyl (C=O) groups is 1. The molecule has 92 valence electrons. The first-order valence-electron chi connectivity index (χ1n) is 5.54. The fourth-order valence-electron chi connectivity index (χ4n) is 1.96. The fraction of sp³-hybridized carbons (Fsp3) is 0.417. The standard InChI is InChI=1S/C12H14ClFN2O/c13-12(9-17)16-7-5-15(6-8-16)11-3-1-10(14)2-4-11/h1-4,9,12H,5-8H2. The van der Waals surface area contributed by atoms with Gasteiger partial charge in [-0.25, -0.2) is 4.39 Å². The van der Waals surface area contributed by atoms with Gasteiger partial charge >= 0.3 is 0 Å². The van der Waals surface area contributed by atoms with Gasteiger partial charge in [0, 0.05) is 31.9 Å². The summed E-state index contributed by atoms with van der Waals surface area (Å²) in [5.74, 6) is -0.228. The van der Waals surface area contributed by atoms with Crippen molar-refractivity contribution in [2.45, 2.75) is 5.50 Å². The lowest BCUT2D eigenvalue weighted by atomic mass is 10.2. The zero-order valence-electron chi connectivity index (χ0n) is 9.35. The Morgan fingerprint density at radius 1 is 1.18 bits per heavy atom. The number of carbonyl (C=O) groups excluding carboxylic acids is 1. The van der Waals surface area contributed by atoms with Gasteiger partial charge in [0.1, 0.15) is 11.3 Å². The number of alkyl halides is 1. The van der Waals surface area contributed by atoms with E-state index in [-0.39, 0.29) is 5.82 Å². The van der Waals surface area contributed by atoms with Crippen molar-refractivity contribution in [1.82, 2.24) is 4.90 Å². The Morgan fingerprint density at radius 3 is 2.29 bits per heavy atom. The first kappa shape index (κ1) is 12.3. The number of benzene rings is 1. The van der Waals surface area contributed by atoms with Crippen LogP contribution in [0.5, 0.6) is 0 Å². The maximum absolute atomic E-state index is 12.8. The largest absolute Gasteiger partial charge is 0.369 e. The lowest BCUT2D eigenvalue weighted by Gasteiger charge is -2.36. The molecular formula is C12H14ClFN2O. The third kappa shape index (κ3) is 2.96. The average Bonchev–Trinajstić information content (AvgIpc) is 2.39. The van der Waals surface area contributed by atoms with Gasteiger partial charge in [0.25, 0.3) is 0 Å². The van der Waals surface area contributed by atoms with E-state index < -0.39 is 5.50 Å². The molecule has 1 unspecified atom stereocenters. The van der Waals surface area contributed by atoms with E-state index in [1.54, 1.807) is 12.1 Å². The lowest BCUT2D eigenvalue weighted by molar-refractivity contribution is -0.110. The van der Waals surface area contributed by atoms with Crippen molar-refractivity contribution in [3.63, 3.8) is 0 Å². The molecule has 1 aliphatic rings. The summed E-state index contributed by atoms with van der Waals surface area (Å²) >= 11 is 5.85. The Kier molecular flexibility index (Phi) is 3.97. The second-order valence-electron chi connectivity index (χ2n) is 4.01. The van der Waals surface area contributed by atoms with Gasteiger partial charge in [0.2, 0.25) is 0 Å². The molecule has 1 atom stereocenters. The van der Waals surface area contributed by atoms with Crippen molar-refractivity contribution in [2.75, 3.05) is 31.1 Å². The maximum atomic E-state index is 12.8. The molecule has 1 aromatic carbocycles. The van der Waals surface area contributed by atoms with E-state index in [4.69, 9.17) is 11.6 Å². The summed E-state index contributed by atoms with van der Waals surface area (Å²) in [6.45, 7) is 3.07. The van der Waals surface area contributed by atoms with Gasteiger partial charge in [-0.3, -0.25) is 4.90 Å². The van der Waals surface area contributed by atoms with Gasteiger partial charge in [-0.2, -0.15) is 0 Å². The van der Waals surface area contributed by atoms with Crippen LogP contribution >= 0.6 is 11.6 Å². The Balaban J connectivity index is 1.95. The van der Waals surface area contributed by atoms with Crippen LogP contribution in [0, 0.1) is 5.82 Å². The molecule has 1 heterocycles. The highest BCUT2D eigenvalue weighted by Crippen LogP contribution is 2.18. The molecule has 0 aromatic heterocycles. The molecule has 2 rings (SSSR count). The molecule has 0 bridgehead atoms. The molecule has 0 radical (unpaired) electrons. The summed E-state index contributed by atoms with van der Waals surface area (Å²) < 4.78 is 12.8. The number of aldehydes is 1. The number of hydrogen-bond acceptors (Lipinski definition) is 3. The number of halogens is 2. The van der Waals surface area contributed by atoms with Crippen LogP contribution in [-0.4, -0.2) is 42.9 Å². The van der Waals surface area contributed by atoms with E-state index in [1.807, 2.05) is 4.90 Å². The Hall–Kier alpha value is -1.13. The van der Waals surface area contributed by atoms with Crippen molar-refractivity contribution in [3.8, 4) is 0 Å². The minimum Gasteiger partial charge on any atom is -0.369 e. The van der Waals surface area contributed by atoms with Crippen LogP contribution in [0.2, 0.25) is 0 Å². The quantitative estimate of drug-likeness (QED) is 0.467. The molecule has 3 nitrogen and oxygen atoms in total. The van der Waals surface area contributed by atoms with Gasteiger partial charge < -0.3 is 9.69 Å². The molecule has 0 aliphatic carbocycles. The molecular weight excluding hydrogens is 243 g/mol. The van der Waals surface area contributed by atoms with Crippen molar-refractivity contribution in [1.29, 1.82) is 0 Å². The second-order valence-corrected chi connectivity index (χ2v) is 4.46. The maximum Gasteiger partial charge on any atom is 0.152 e. The Labute approximate surface area is 105 Å². The molecule has 0 spiro atoms. The van der Waals surface area contributed by atoms with Crippen molar-refractivity contribution in [2.24, 2.45) is 0 Å². The average molecular weight is 257 g/mol. The van der Waals surface area contributed by atoms with E-state index in [1.165, 1.54) is 12.1 Å². The van der Waals surface area contributed by atoms with Crippen molar-refractivity contribution in [3.05, 3.63) is 30.1 Å². The fourth-order valence-corrected chi connectivity index (χ4v) is 2.16. The Bertz CT molecular complexity index is 377. The summed E-state index contributed by atoms with van der Waals surface area (Å²) in [6, 6.07) is 6.45. The van der Waals surface area contributed by atoms with E-state index >= 15 is 0 Å². The minimum atomic E-state index is -0.537. The van der Waals surface area contributed by atoms with Crippen LogP contribution in [0.3, 0.4) is 0 Å². The number of anilines is 1. The van der Waals surface area contributed by atoms with E-state index in [0.29, 0.717) is 0 Å². The highest BCUT2D eigenvalue weighted by atomic mass is 35.5. The number of rotatable bonds is 3. The van der Waals surface area contributed by atoms with Crippen LogP contribution in [0.1, 0.15) is 0 Å². The third-order valence-corrected chi connectivity index (χ3v) is 3.35. The first-order valence-corrected chi connectivity index (χ1v) is 5.98. The molecule has 1 saturated heterocycles. The number of piperazine rings is 1. The predicted molar refractivity (Wildman–Crippen MR) is 65.9 cm³/mol. The van der Waals surface area contributed by atoms with Gasteiger partial charge in [0.15, 0.2) is 6.29 Å². The monoisotopic (exact) mass is 256 g/mol. The summed E-state index contributed by atoms with van der Waals surface area (Å²) in [5.41, 5.74) is 0.466. The molecule has 0 saturated carbocycles. The first-order chi connectivity index (χ1) is 8.20. The normalized spacial score (nSPS) is 19.1. The van der Waals surface area contributed by atoms with Gasteiger partial charge in [-0.1, -0.05) is 11.6 Å². The van der Waals surface area contributed by atoms with Gasteiger partial charge in [0.05, 0.1) is 0 Å². The molecule has 1 fully saturated rings. The van der Waals surface area contributed by atoms with Crippen LogP contribution in [0.15, 0.2) is 24.3 Å². The number of hydrogen-bond donors (Lipinski definition) is 0. The van der Waals surface area contributed by atoms with Crippen molar-refractivity contribution >= 4 is 23.6 Å². The SMILES string of the molecule is O=CC(Cl)N1CCN(c2ccc(F)cc2)CC1. The van der Waals surface area contributed by atoms with Gasteiger partial charge in [-0.05, 0) is 24.3 Å². The summed E-state index contributed by atoms with van der Waals surface area (Å²) in [6.07, 6.45) is 0.745. The molecule has 0 amide bonds. The van der Waals surface area contributed by atoms with Crippen LogP contribution in [0.25, 0.3) is 0 Å². The van der Waals surface area contributed by atoms with E-state index in [2.05, 4.69) is 4.90 Å². The smallest absolute Gasteiger partial charge is 0.152 e. The van der Waals surface area contributed by atoms with Gasteiger partial charge in [-0.15, -0.1) is 0 Å². The third-order valence-electron chi connectivity index (χ3n) is 2.97. The zero-order valence-corrected chi connectivity index (χ0v) is 10.1. The highest BCUT2D eigenvalue weighted by Gasteiger charge is 2.21. The van der Waals surface area contributed by atoms with Crippen LogP contribution in [0.4, 0.5) is 10.1 Å². The second kappa shape index (κ2) is 5.47. The van der Waals surface area contributed by atoms with Crippen LogP contribution < -0.4 is 4.90 Å². The number of nitrogens with zero attached hydrogens (tertiary/aromatic N) is 2. The predicted octanol–water partition coefficient (Wildman–Crippen LogP) is 1.71. The van der Waals surface area contributed by atoms with Crippen molar-refractivity contribution < 1.29 is 9.18 Å². The minimum absolute atomic E-state index is 0.228. The topological polar surface area (TPSA) is 23.6 Å². The molecule has 17 heavy (non-hydrogen) atoms. The van der Waals surface area contributed by atoms with E-state index in [9.17, 15) is 9.18 Å². The summed E-state index contributed by atoms with van der Waals surface area (Å²) in [4.78, 5) is 14.6. The molecule has 1 aliphatic heterocycles.